The molecule has 0 N–H and O–H groups in total. The summed E-state index contributed by atoms with van der Waals surface area (Å²) in [6.45, 7) is 8.47. The van der Waals surface area contributed by atoms with Crippen molar-refractivity contribution in [3.63, 3.8) is 0 Å². The van der Waals surface area contributed by atoms with Gasteiger partial charge in [0, 0.05) is 38.2 Å². The van der Waals surface area contributed by atoms with Crippen LogP contribution < -0.4 is 0 Å². The molecule has 4 rings (SSSR count). The van der Waals surface area contributed by atoms with Crippen molar-refractivity contribution < 1.29 is 20.1 Å². The molecule has 0 aliphatic heterocycles. The molecule has 25 heavy (non-hydrogen) atoms. The number of nitrogens with zero attached hydrogens (tertiary/aromatic N) is 3. The van der Waals surface area contributed by atoms with E-state index < -0.39 is 0 Å². The zero-order chi connectivity index (χ0) is 16.8. The summed E-state index contributed by atoms with van der Waals surface area (Å²) in [5, 5.41) is 1.07. The molecular formula is C20H18IrN3S-. The monoisotopic (exact) mass is 525 g/mol. The summed E-state index contributed by atoms with van der Waals surface area (Å²) in [5.74, 6) is 0.915. The zero-order valence-electron chi connectivity index (χ0n) is 14.5. The van der Waals surface area contributed by atoms with Gasteiger partial charge in [0.15, 0.2) is 0 Å². The molecule has 0 unspecified atom stereocenters. The Hall–Kier alpha value is -1.81. The van der Waals surface area contributed by atoms with Gasteiger partial charge in [0.1, 0.15) is 0 Å². The number of imidazole rings is 1. The van der Waals surface area contributed by atoms with Gasteiger partial charge in [0.25, 0.3) is 0 Å². The Morgan fingerprint density at radius 3 is 2.48 bits per heavy atom. The van der Waals surface area contributed by atoms with Gasteiger partial charge in [-0.2, -0.15) is 0 Å². The second-order valence-electron chi connectivity index (χ2n) is 6.20. The predicted octanol–water partition coefficient (Wildman–Crippen LogP) is 5.18. The Kier molecular flexibility index (Phi) is 4.92. The minimum atomic E-state index is 0. The maximum absolute atomic E-state index is 4.60. The van der Waals surface area contributed by atoms with Gasteiger partial charge in [-0.25, -0.2) is 0 Å². The molecule has 0 saturated heterocycles. The molecule has 2 aromatic carbocycles. The summed E-state index contributed by atoms with van der Waals surface area (Å²) in [6, 6.07) is 11.9. The van der Waals surface area contributed by atoms with Gasteiger partial charge in [0.05, 0.1) is 10.8 Å². The van der Waals surface area contributed by atoms with Gasteiger partial charge >= 0.3 is 0 Å². The van der Waals surface area contributed by atoms with Crippen LogP contribution in [0.2, 0.25) is 0 Å². The fourth-order valence-electron chi connectivity index (χ4n) is 3.35. The normalized spacial score (nSPS) is 10.9. The van der Waals surface area contributed by atoms with Crippen LogP contribution in [0.15, 0.2) is 36.7 Å². The molecule has 0 saturated carbocycles. The van der Waals surface area contributed by atoms with E-state index in [0.29, 0.717) is 0 Å². The van der Waals surface area contributed by atoms with E-state index in [-0.39, 0.29) is 20.1 Å². The largest absolute Gasteiger partial charge is 0.340 e. The molecule has 0 spiro atoms. The molecule has 0 amide bonds. The van der Waals surface area contributed by atoms with Crippen LogP contribution >= 0.6 is 11.3 Å². The number of aromatic nitrogens is 3. The van der Waals surface area contributed by atoms with Gasteiger partial charge in [-0.15, -0.1) is 35.1 Å². The molecule has 2 heterocycles. The standard InChI is InChI=1S/C20H18N3S.Ir/c1-12-9-13(2)19(14(3)10-12)23-8-7-21-20(23)16-5-6-17-18(11-16)24-15(4)22-17;/h6-11H,1-4H3;/q-1;. The summed E-state index contributed by atoms with van der Waals surface area (Å²) in [7, 11) is 0. The Bertz CT molecular complexity index is 1040. The number of benzene rings is 2. The summed E-state index contributed by atoms with van der Waals surface area (Å²) in [5.41, 5.74) is 6.98. The maximum atomic E-state index is 4.60. The van der Waals surface area contributed by atoms with Crippen molar-refractivity contribution in [1.82, 2.24) is 14.5 Å². The van der Waals surface area contributed by atoms with E-state index in [0.717, 1.165) is 21.9 Å². The van der Waals surface area contributed by atoms with Crippen molar-refractivity contribution in [1.29, 1.82) is 0 Å². The van der Waals surface area contributed by atoms with Crippen LogP contribution in [-0.2, 0) is 20.1 Å². The van der Waals surface area contributed by atoms with Crippen molar-refractivity contribution in [2.45, 2.75) is 27.7 Å². The Labute approximate surface area is 165 Å². The first kappa shape index (κ1) is 18.0. The first-order valence-electron chi connectivity index (χ1n) is 7.94. The first-order chi connectivity index (χ1) is 11.5. The van der Waals surface area contributed by atoms with Crippen molar-refractivity contribution in [3.05, 3.63) is 64.4 Å². The second-order valence-corrected chi connectivity index (χ2v) is 7.43. The van der Waals surface area contributed by atoms with E-state index in [1.54, 1.807) is 11.3 Å². The van der Waals surface area contributed by atoms with Gasteiger partial charge in [-0.3, -0.25) is 9.97 Å². The van der Waals surface area contributed by atoms with Crippen molar-refractivity contribution >= 4 is 21.6 Å². The third-order valence-corrected chi connectivity index (χ3v) is 5.12. The van der Waals surface area contributed by atoms with Crippen LogP contribution in [0.1, 0.15) is 21.7 Å². The average Bonchev–Trinajstić information content (AvgIpc) is 3.10. The topological polar surface area (TPSA) is 30.7 Å². The average molecular weight is 525 g/mol. The minimum absolute atomic E-state index is 0. The molecule has 1 radical (unpaired) electrons. The number of rotatable bonds is 2. The molecule has 5 heteroatoms. The molecule has 2 aromatic heterocycles. The smallest absolute Gasteiger partial charge is 0.0779 e. The van der Waals surface area contributed by atoms with Crippen molar-refractivity contribution in [3.8, 4) is 17.1 Å². The number of fused-ring (bicyclic) bond motifs is 1. The van der Waals surface area contributed by atoms with E-state index in [4.69, 9.17) is 0 Å². The van der Waals surface area contributed by atoms with Gasteiger partial charge in [-0.1, -0.05) is 17.7 Å². The van der Waals surface area contributed by atoms with Gasteiger partial charge in [0.2, 0.25) is 0 Å². The SMILES string of the molecule is Cc1cc(C)c(-n2ccnc2-c2[c-]cc3nc(C)sc3c2)c(C)c1.[Ir]. The summed E-state index contributed by atoms with van der Waals surface area (Å²) in [4.78, 5) is 9.11. The minimum Gasteiger partial charge on any atom is -0.340 e. The van der Waals surface area contributed by atoms with E-state index in [9.17, 15) is 0 Å². The predicted molar refractivity (Wildman–Crippen MR) is 100.0 cm³/mol. The molecule has 3 nitrogen and oxygen atoms in total. The summed E-state index contributed by atoms with van der Waals surface area (Å²) >= 11 is 1.71. The quantitative estimate of drug-likeness (QED) is 0.339. The van der Waals surface area contributed by atoms with E-state index in [1.807, 2.05) is 25.4 Å². The fraction of sp³-hybridized carbons (Fsp3) is 0.200. The fourth-order valence-corrected chi connectivity index (χ4v) is 4.20. The Balaban J connectivity index is 0.00000182. The number of aryl methyl sites for hydroxylation is 4. The van der Waals surface area contributed by atoms with Gasteiger partial charge in [-0.05, 0) is 49.0 Å². The second kappa shape index (κ2) is 6.83. The zero-order valence-corrected chi connectivity index (χ0v) is 17.8. The number of hydrogen-bond donors (Lipinski definition) is 0. The molecule has 129 valence electrons. The third-order valence-electron chi connectivity index (χ3n) is 4.19. The molecule has 0 bridgehead atoms. The molecule has 0 aliphatic rings. The Morgan fingerprint density at radius 2 is 1.76 bits per heavy atom. The van der Waals surface area contributed by atoms with Crippen LogP contribution in [0.3, 0.4) is 0 Å². The summed E-state index contributed by atoms with van der Waals surface area (Å²) < 4.78 is 3.34. The maximum Gasteiger partial charge on any atom is 0.0779 e. The van der Waals surface area contributed by atoms with Crippen LogP contribution in [0.4, 0.5) is 0 Å². The van der Waals surface area contributed by atoms with Gasteiger partial charge < -0.3 is 4.57 Å². The van der Waals surface area contributed by atoms with Crippen LogP contribution in [0.25, 0.3) is 27.3 Å². The number of thiazole rings is 1. The van der Waals surface area contributed by atoms with E-state index >= 15 is 0 Å². The van der Waals surface area contributed by atoms with E-state index in [1.165, 1.54) is 27.1 Å². The summed E-state index contributed by atoms with van der Waals surface area (Å²) in [6.07, 6.45) is 3.87. The third kappa shape index (κ3) is 3.20. The number of hydrogen-bond acceptors (Lipinski definition) is 3. The molecule has 0 atom stereocenters. The van der Waals surface area contributed by atoms with E-state index in [2.05, 4.69) is 59.6 Å². The van der Waals surface area contributed by atoms with Crippen molar-refractivity contribution in [2.75, 3.05) is 0 Å². The Morgan fingerprint density at radius 1 is 1.04 bits per heavy atom. The molecular weight excluding hydrogens is 507 g/mol. The van der Waals surface area contributed by atoms with Crippen LogP contribution in [0.5, 0.6) is 0 Å². The molecule has 0 fully saturated rings. The molecule has 4 aromatic rings. The van der Waals surface area contributed by atoms with Crippen molar-refractivity contribution in [2.24, 2.45) is 0 Å². The van der Waals surface area contributed by atoms with Crippen LogP contribution in [-0.4, -0.2) is 14.5 Å². The van der Waals surface area contributed by atoms with Crippen LogP contribution in [0, 0.1) is 33.8 Å². The first-order valence-corrected chi connectivity index (χ1v) is 8.75. The molecule has 0 aliphatic carbocycles.